The normalized spacial score (nSPS) is 33.8. The zero-order valence-corrected chi connectivity index (χ0v) is 16.0. The molecule has 0 saturated carbocycles. The lowest BCUT2D eigenvalue weighted by molar-refractivity contribution is 0.125. The van der Waals surface area contributed by atoms with Gasteiger partial charge in [0.25, 0.3) is 0 Å². The van der Waals surface area contributed by atoms with Crippen LogP contribution < -0.4 is 19.5 Å². The minimum absolute atomic E-state index is 0.129. The van der Waals surface area contributed by atoms with Gasteiger partial charge in [0, 0.05) is 42.7 Å². The van der Waals surface area contributed by atoms with Gasteiger partial charge in [-0.2, -0.15) is 0 Å². The van der Waals surface area contributed by atoms with Crippen LogP contribution in [-0.2, 0) is 0 Å². The van der Waals surface area contributed by atoms with Crippen molar-refractivity contribution in [3.8, 4) is 17.2 Å². The third-order valence-corrected chi connectivity index (χ3v) is 6.48. The third-order valence-electron chi connectivity index (χ3n) is 6.48. The van der Waals surface area contributed by atoms with Gasteiger partial charge in [-0.3, -0.25) is 0 Å². The summed E-state index contributed by atoms with van der Waals surface area (Å²) in [7, 11) is 3.87. The number of nitrogens with one attached hydrogen (secondary N) is 1. The average molecular weight is 362 g/mol. The second-order valence-electron chi connectivity index (χ2n) is 7.87. The summed E-state index contributed by atoms with van der Waals surface area (Å²) in [4.78, 5) is 2.37. The van der Waals surface area contributed by atoms with Gasteiger partial charge >= 0.3 is 0 Å². The monoisotopic (exact) mass is 362 g/mol. The molecule has 144 valence electrons. The zero-order chi connectivity index (χ0) is 18.3. The molecule has 2 fully saturated rings. The summed E-state index contributed by atoms with van der Waals surface area (Å²) < 4.78 is 17.5. The highest BCUT2D eigenvalue weighted by Crippen LogP contribution is 2.51. The molecule has 6 heteroatoms. The van der Waals surface area contributed by atoms with Gasteiger partial charge in [0.1, 0.15) is 5.75 Å². The minimum atomic E-state index is -0.241. The maximum absolute atomic E-state index is 10.2. The zero-order valence-electron chi connectivity index (χ0n) is 16.0. The number of rotatable bonds is 4. The molecule has 6 nitrogen and oxygen atoms in total. The maximum atomic E-state index is 10.2. The van der Waals surface area contributed by atoms with Gasteiger partial charge in [-0.15, -0.1) is 0 Å². The van der Waals surface area contributed by atoms with Crippen LogP contribution in [0.15, 0.2) is 12.1 Å². The standard InChI is InChI=1S/C20H30N2O4/c1-4-20(12-23)15-11-22(2)10-14(15)19(21-20)13-8-17-18(9-16(13)24-3)26-7-5-6-25-17/h8-9,14-15,19,21,23H,4-7,10-12H2,1-3H3/t14-,15+,19-,20+/m1/s1. The molecule has 4 atom stereocenters. The Hall–Kier alpha value is -1.50. The summed E-state index contributed by atoms with van der Waals surface area (Å²) in [6.45, 7) is 5.67. The van der Waals surface area contributed by atoms with E-state index in [1.807, 2.05) is 6.07 Å². The molecular weight excluding hydrogens is 332 g/mol. The highest BCUT2D eigenvalue weighted by atomic mass is 16.5. The minimum Gasteiger partial charge on any atom is -0.496 e. The van der Waals surface area contributed by atoms with Crippen LogP contribution in [0, 0.1) is 11.8 Å². The number of aliphatic hydroxyl groups excluding tert-OH is 1. The fourth-order valence-electron chi connectivity index (χ4n) is 5.05. The van der Waals surface area contributed by atoms with Crippen LogP contribution in [0.25, 0.3) is 0 Å². The first-order valence-corrected chi connectivity index (χ1v) is 9.66. The molecule has 0 unspecified atom stereocenters. The van der Waals surface area contributed by atoms with Crippen LogP contribution in [0.1, 0.15) is 31.4 Å². The van der Waals surface area contributed by atoms with E-state index in [4.69, 9.17) is 14.2 Å². The van der Waals surface area contributed by atoms with Crippen LogP contribution in [-0.4, -0.2) is 62.6 Å². The van der Waals surface area contributed by atoms with Crippen molar-refractivity contribution >= 4 is 0 Å². The number of hydrogen-bond donors (Lipinski definition) is 2. The van der Waals surface area contributed by atoms with E-state index < -0.39 is 0 Å². The van der Waals surface area contributed by atoms with Gasteiger partial charge in [0.15, 0.2) is 11.5 Å². The van der Waals surface area contributed by atoms with Gasteiger partial charge in [0.2, 0.25) is 0 Å². The van der Waals surface area contributed by atoms with Gasteiger partial charge in [-0.1, -0.05) is 6.92 Å². The van der Waals surface area contributed by atoms with E-state index in [0.29, 0.717) is 25.0 Å². The van der Waals surface area contributed by atoms with Crippen LogP contribution in [0.5, 0.6) is 17.2 Å². The molecule has 3 aliphatic rings. The summed E-state index contributed by atoms with van der Waals surface area (Å²) in [6.07, 6.45) is 1.79. The average Bonchev–Trinajstić information content (AvgIpc) is 3.07. The van der Waals surface area contributed by atoms with Crippen molar-refractivity contribution in [2.24, 2.45) is 11.8 Å². The molecule has 26 heavy (non-hydrogen) atoms. The summed E-state index contributed by atoms with van der Waals surface area (Å²) in [5.74, 6) is 3.23. The first kappa shape index (κ1) is 17.9. The summed E-state index contributed by atoms with van der Waals surface area (Å²) >= 11 is 0. The molecule has 0 amide bonds. The van der Waals surface area contributed by atoms with Crippen LogP contribution in [0.3, 0.4) is 0 Å². The summed E-state index contributed by atoms with van der Waals surface area (Å²) in [5.41, 5.74) is 0.862. The SMILES string of the molecule is CC[C@@]1(CO)N[C@H](c2cc3c(cc2OC)OCCCO3)[C@@H]2CN(C)C[C@@H]21. The van der Waals surface area contributed by atoms with E-state index in [1.165, 1.54) is 0 Å². The Labute approximate surface area is 155 Å². The molecule has 3 aliphatic heterocycles. The smallest absolute Gasteiger partial charge is 0.164 e. The van der Waals surface area contributed by atoms with E-state index in [0.717, 1.165) is 48.7 Å². The number of fused-ring (bicyclic) bond motifs is 2. The number of hydrogen-bond acceptors (Lipinski definition) is 6. The molecule has 0 bridgehead atoms. The first-order valence-electron chi connectivity index (χ1n) is 9.66. The molecule has 1 aromatic rings. The van der Waals surface area contributed by atoms with E-state index >= 15 is 0 Å². The molecule has 2 N–H and O–H groups in total. The highest BCUT2D eigenvalue weighted by molar-refractivity contribution is 5.53. The van der Waals surface area contributed by atoms with Crippen LogP contribution in [0.4, 0.5) is 0 Å². The Morgan fingerprint density at radius 3 is 2.65 bits per heavy atom. The van der Waals surface area contributed by atoms with Crippen molar-refractivity contribution in [1.29, 1.82) is 0 Å². The Kier molecular flexibility index (Phi) is 4.75. The number of benzene rings is 1. The molecular formula is C20H30N2O4. The quantitative estimate of drug-likeness (QED) is 0.852. The lowest BCUT2D eigenvalue weighted by Crippen LogP contribution is -2.50. The largest absolute Gasteiger partial charge is 0.496 e. The molecule has 0 spiro atoms. The molecule has 2 saturated heterocycles. The Balaban J connectivity index is 1.75. The van der Waals surface area contributed by atoms with Crippen molar-refractivity contribution in [3.63, 3.8) is 0 Å². The van der Waals surface area contributed by atoms with Crippen LogP contribution >= 0.6 is 0 Å². The molecule has 1 aromatic carbocycles. The number of likely N-dealkylation sites (tertiary alicyclic amines) is 1. The lowest BCUT2D eigenvalue weighted by Gasteiger charge is -2.33. The number of nitrogens with zero attached hydrogens (tertiary/aromatic N) is 1. The van der Waals surface area contributed by atoms with Crippen LogP contribution in [0.2, 0.25) is 0 Å². The fourth-order valence-corrected chi connectivity index (χ4v) is 5.05. The van der Waals surface area contributed by atoms with E-state index in [2.05, 4.69) is 30.3 Å². The van der Waals surface area contributed by atoms with Crippen molar-refractivity contribution in [3.05, 3.63) is 17.7 Å². The Morgan fingerprint density at radius 1 is 1.27 bits per heavy atom. The molecule has 4 rings (SSSR count). The van der Waals surface area contributed by atoms with E-state index in [-0.39, 0.29) is 18.2 Å². The van der Waals surface area contributed by atoms with Crippen molar-refractivity contribution in [2.45, 2.75) is 31.3 Å². The Morgan fingerprint density at radius 2 is 2.00 bits per heavy atom. The van der Waals surface area contributed by atoms with Crippen molar-refractivity contribution in [2.75, 3.05) is 47.1 Å². The topological polar surface area (TPSA) is 63.2 Å². The lowest BCUT2D eigenvalue weighted by atomic mass is 9.79. The van der Waals surface area contributed by atoms with Gasteiger partial charge in [-0.05, 0) is 31.4 Å². The Bertz CT molecular complexity index is 661. The summed E-state index contributed by atoms with van der Waals surface area (Å²) in [5, 5.41) is 14.0. The molecule has 3 heterocycles. The third kappa shape index (κ3) is 2.75. The second kappa shape index (κ2) is 6.91. The second-order valence-corrected chi connectivity index (χ2v) is 7.87. The van der Waals surface area contributed by atoms with Crippen molar-refractivity contribution < 1.29 is 19.3 Å². The fraction of sp³-hybridized carbons (Fsp3) is 0.700. The highest BCUT2D eigenvalue weighted by Gasteiger charge is 2.55. The van der Waals surface area contributed by atoms with Gasteiger partial charge in [0.05, 0.1) is 26.9 Å². The van der Waals surface area contributed by atoms with E-state index in [1.54, 1.807) is 7.11 Å². The van der Waals surface area contributed by atoms with Crippen molar-refractivity contribution in [1.82, 2.24) is 10.2 Å². The summed E-state index contributed by atoms with van der Waals surface area (Å²) in [6, 6.07) is 4.16. The number of methoxy groups -OCH3 is 1. The maximum Gasteiger partial charge on any atom is 0.164 e. The number of aliphatic hydroxyl groups is 1. The van der Waals surface area contributed by atoms with Gasteiger partial charge < -0.3 is 29.5 Å². The molecule has 0 aliphatic carbocycles. The predicted molar refractivity (Wildman–Crippen MR) is 99.1 cm³/mol. The van der Waals surface area contributed by atoms with E-state index in [9.17, 15) is 5.11 Å². The molecule has 0 aromatic heterocycles. The predicted octanol–water partition coefficient (Wildman–Crippen LogP) is 1.82. The first-order chi connectivity index (χ1) is 12.6. The van der Waals surface area contributed by atoms with Gasteiger partial charge in [-0.25, -0.2) is 0 Å². The molecule has 0 radical (unpaired) electrons. The number of ether oxygens (including phenoxy) is 3.